The molecule has 0 saturated carbocycles. The summed E-state index contributed by atoms with van der Waals surface area (Å²) in [6.45, 7) is -1.28. The highest BCUT2D eigenvalue weighted by atomic mass is 16.4. The van der Waals surface area contributed by atoms with E-state index < -0.39 is 31.5 Å². The molecule has 10 heavy (non-hydrogen) atoms. The summed E-state index contributed by atoms with van der Waals surface area (Å²) in [6, 6.07) is 0. The molecule has 0 rings (SSSR count). The van der Waals surface area contributed by atoms with E-state index in [-0.39, 0.29) is 0 Å². The molecule has 0 aliphatic heterocycles. The molecule has 0 saturated heterocycles. The molecule has 0 fully saturated rings. The van der Waals surface area contributed by atoms with Crippen molar-refractivity contribution in [2.75, 3.05) is 13.2 Å². The van der Waals surface area contributed by atoms with Crippen LogP contribution in [0.25, 0.3) is 0 Å². The standard InChI is InChI=1S/C5H12O5/c6-1-3(8)5(10)4(9)2-7/h3-10H,1-2H2/t3-,4+,5-/i1+1/m0/s1. The van der Waals surface area contributed by atoms with E-state index in [2.05, 4.69) is 0 Å². The maximum absolute atomic E-state index is 8.77. The zero-order chi connectivity index (χ0) is 8.15. The molecule has 62 valence electrons. The first-order chi connectivity index (χ1) is 4.63. The highest BCUT2D eigenvalue weighted by Gasteiger charge is 2.22. The monoisotopic (exact) mass is 153 g/mol. The van der Waals surface area contributed by atoms with Crippen LogP contribution in [0.15, 0.2) is 0 Å². The van der Waals surface area contributed by atoms with Crippen molar-refractivity contribution in [2.45, 2.75) is 18.3 Å². The molecule has 0 aromatic carbocycles. The molecule has 0 bridgehead atoms. The maximum Gasteiger partial charge on any atom is 0.110 e. The molecule has 0 aliphatic rings. The lowest BCUT2D eigenvalue weighted by Gasteiger charge is -2.19. The van der Waals surface area contributed by atoms with Crippen LogP contribution in [0.2, 0.25) is 0 Å². The van der Waals surface area contributed by atoms with E-state index >= 15 is 0 Å². The molecule has 5 nitrogen and oxygen atoms in total. The molecule has 0 aliphatic carbocycles. The third-order valence-electron chi connectivity index (χ3n) is 1.16. The summed E-state index contributed by atoms with van der Waals surface area (Å²) in [5, 5.41) is 42.6. The van der Waals surface area contributed by atoms with Gasteiger partial charge in [-0.25, -0.2) is 0 Å². The lowest BCUT2D eigenvalue weighted by molar-refractivity contribution is -0.0900. The number of hydrogen-bond acceptors (Lipinski definition) is 5. The van der Waals surface area contributed by atoms with Gasteiger partial charge in [-0.3, -0.25) is 0 Å². The van der Waals surface area contributed by atoms with Gasteiger partial charge in [0.25, 0.3) is 0 Å². The summed E-state index contributed by atoms with van der Waals surface area (Å²) in [6.07, 6.45) is -4.29. The van der Waals surface area contributed by atoms with Crippen LogP contribution in [0, 0.1) is 0 Å². The molecule has 0 unspecified atom stereocenters. The second-order valence-corrected chi connectivity index (χ2v) is 1.99. The van der Waals surface area contributed by atoms with Crippen LogP contribution in [-0.2, 0) is 0 Å². The Morgan fingerprint density at radius 2 is 1.10 bits per heavy atom. The molecule has 0 spiro atoms. The van der Waals surface area contributed by atoms with Gasteiger partial charge in [-0.2, -0.15) is 0 Å². The minimum absolute atomic E-state index is 0.641. The third kappa shape index (κ3) is 2.59. The topological polar surface area (TPSA) is 101 Å². The van der Waals surface area contributed by atoms with Crippen molar-refractivity contribution in [2.24, 2.45) is 0 Å². The van der Waals surface area contributed by atoms with Gasteiger partial charge < -0.3 is 25.5 Å². The van der Waals surface area contributed by atoms with E-state index in [1.54, 1.807) is 0 Å². The van der Waals surface area contributed by atoms with Crippen LogP contribution in [0.4, 0.5) is 0 Å². The van der Waals surface area contributed by atoms with Gasteiger partial charge >= 0.3 is 0 Å². The van der Waals surface area contributed by atoms with Crippen LogP contribution < -0.4 is 0 Å². The van der Waals surface area contributed by atoms with E-state index in [0.29, 0.717) is 0 Å². The van der Waals surface area contributed by atoms with Crippen LogP contribution in [0.3, 0.4) is 0 Å². The summed E-state index contributed by atoms with van der Waals surface area (Å²) < 4.78 is 0. The van der Waals surface area contributed by atoms with Crippen molar-refractivity contribution >= 4 is 0 Å². The fourth-order valence-electron chi connectivity index (χ4n) is 0.472. The minimum Gasteiger partial charge on any atom is -0.394 e. The highest BCUT2D eigenvalue weighted by Crippen LogP contribution is 1.97. The predicted molar refractivity (Wildman–Crippen MR) is 32.2 cm³/mol. The first-order valence-corrected chi connectivity index (χ1v) is 2.89. The Bertz CT molecular complexity index is 76.1. The molecule has 0 heterocycles. The largest absolute Gasteiger partial charge is 0.394 e. The number of hydrogen-bond donors (Lipinski definition) is 5. The van der Waals surface area contributed by atoms with Crippen molar-refractivity contribution in [1.29, 1.82) is 0 Å². The SMILES string of the molecule is OC[C@@H](O)[C@@H](O)[C@@H](O)[13CH2]O. The first kappa shape index (κ1) is 9.80. The first-order valence-electron chi connectivity index (χ1n) is 2.89. The van der Waals surface area contributed by atoms with Gasteiger partial charge in [0.1, 0.15) is 18.3 Å². The normalized spacial score (nSPS) is 20.1. The molecule has 5 N–H and O–H groups in total. The lowest BCUT2D eigenvalue weighted by atomic mass is 10.2. The minimum atomic E-state index is -1.49. The summed E-state index contributed by atoms with van der Waals surface area (Å²) >= 11 is 0. The molecule has 0 amide bonds. The Kier molecular flexibility index (Phi) is 4.50. The Morgan fingerprint density at radius 3 is 1.30 bits per heavy atom. The zero-order valence-corrected chi connectivity index (χ0v) is 5.38. The average molecular weight is 153 g/mol. The van der Waals surface area contributed by atoms with E-state index in [1.165, 1.54) is 0 Å². The van der Waals surface area contributed by atoms with Crippen LogP contribution in [0.5, 0.6) is 0 Å². The fraction of sp³-hybridized carbons (Fsp3) is 1.00. The van der Waals surface area contributed by atoms with Crippen molar-refractivity contribution in [3.63, 3.8) is 0 Å². The van der Waals surface area contributed by atoms with Crippen molar-refractivity contribution < 1.29 is 25.5 Å². The Hall–Kier alpha value is -0.200. The summed E-state index contributed by atoms with van der Waals surface area (Å²) in [4.78, 5) is 0. The molecule has 3 atom stereocenters. The molecule has 0 aromatic rings. The van der Waals surface area contributed by atoms with Gasteiger partial charge in [0.05, 0.1) is 13.2 Å². The smallest absolute Gasteiger partial charge is 0.110 e. The van der Waals surface area contributed by atoms with Crippen molar-refractivity contribution in [1.82, 2.24) is 0 Å². The van der Waals surface area contributed by atoms with Gasteiger partial charge in [0.2, 0.25) is 0 Å². The third-order valence-corrected chi connectivity index (χ3v) is 1.16. The van der Waals surface area contributed by atoms with E-state index in [0.717, 1.165) is 0 Å². The van der Waals surface area contributed by atoms with Gasteiger partial charge in [-0.05, 0) is 0 Å². The molecule has 0 radical (unpaired) electrons. The summed E-state index contributed by atoms with van der Waals surface area (Å²) in [7, 11) is 0. The van der Waals surface area contributed by atoms with Gasteiger partial charge in [0.15, 0.2) is 0 Å². The second-order valence-electron chi connectivity index (χ2n) is 1.99. The predicted octanol–water partition coefficient (Wildman–Crippen LogP) is -2.95. The van der Waals surface area contributed by atoms with Crippen LogP contribution >= 0.6 is 0 Å². The number of aliphatic hydroxyl groups excluding tert-OH is 5. The van der Waals surface area contributed by atoms with Gasteiger partial charge in [-0.1, -0.05) is 0 Å². The van der Waals surface area contributed by atoms with Crippen LogP contribution in [0.1, 0.15) is 0 Å². The summed E-state index contributed by atoms with van der Waals surface area (Å²) in [5.74, 6) is 0. The average Bonchev–Trinajstić information content (AvgIpc) is 2.00. The molecule has 0 aromatic heterocycles. The van der Waals surface area contributed by atoms with Crippen molar-refractivity contribution in [3.05, 3.63) is 0 Å². The molecular weight excluding hydrogens is 141 g/mol. The van der Waals surface area contributed by atoms with Crippen LogP contribution in [-0.4, -0.2) is 57.1 Å². The molecular formula is C5H12O5. The van der Waals surface area contributed by atoms with E-state index in [4.69, 9.17) is 25.5 Å². The quantitative estimate of drug-likeness (QED) is 0.278. The van der Waals surface area contributed by atoms with Gasteiger partial charge in [-0.15, -0.1) is 0 Å². The summed E-state index contributed by atoms with van der Waals surface area (Å²) in [5.41, 5.74) is 0. The van der Waals surface area contributed by atoms with E-state index in [1.807, 2.05) is 0 Å². The lowest BCUT2D eigenvalue weighted by Crippen LogP contribution is -2.41. The maximum atomic E-state index is 8.77. The fourth-order valence-corrected chi connectivity index (χ4v) is 0.472. The Labute approximate surface area is 58.2 Å². The highest BCUT2D eigenvalue weighted by molar-refractivity contribution is 4.73. The van der Waals surface area contributed by atoms with E-state index in [9.17, 15) is 0 Å². The number of rotatable bonds is 4. The zero-order valence-electron chi connectivity index (χ0n) is 5.38. The van der Waals surface area contributed by atoms with Crippen molar-refractivity contribution in [3.8, 4) is 0 Å². The second kappa shape index (κ2) is 4.59. The molecule has 5 heteroatoms. The number of aliphatic hydroxyl groups is 5. The van der Waals surface area contributed by atoms with Gasteiger partial charge in [0, 0.05) is 0 Å². The Balaban J connectivity index is 3.69. The Morgan fingerprint density at radius 1 is 0.800 bits per heavy atom.